The van der Waals surface area contributed by atoms with Crippen molar-refractivity contribution in [3.63, 3.8) is 0 Å². The summed E-state index contributed by atoms with van der Waals surface area (Å²) in [5.74, 6) is 0.113. The molecule has 1 amide bonds. The molecule has 5 nitrogen and oxygen atoms in total. The lowest BCUT2D eigenvalue weighted by molar-refractivity contribution is 0.0730. The van der Waals surface area contributed by atoms with Gasteiger partial charge in [0.1, 0.15) is 0 Å². The zero-order valence-corrected chi connectivity index (χ0v) is 13.2. The van der Waals surface area contributed by atoms with Gasteiger partial charge in [0.2, 0.25) is 0 Å². The van der Waals surface area contributed by atoms with E-state index in [0.717, 1.165) is 37.9 Å². The molecule has 0 unspecified atom stereocenters. The molecule has 1 aliphatic heterocycles. The number of nitrogens with zero attached hydrogens (tertiary/aromatic N) is 4. The highest BCUT2D eigenvalue weighted by Crippen LogP contribution is 2.24. The van der Waals surface area contributed by atoms with Gasteiger partial charge in [-0.1, -0.05) is 0 Å². The Labute approximate surface area is 131 Å². The Kier molecular flexibility index (Phi) is 4.22. The smallest absolute Gasteiger partial charge is 0.257 e. The first-order valence-electron chi connectivity index (χ1n) is 7.84. The Morgan fingerprint density at radius 3 is 3.05 bits per heavy atom. The first-order valence-corrected chi connectivity index (χ1v) is 7.84. The lowest BCUT2D eigenvalue weighted by atomic mass is 10.0. The molecule has 5 heteroatoms. The van der Waals surface area contributed by atoms with Gasteiger partial charge in [-0.25, -0.2) is 0 Å². The largest absolute Gasteiger partial charge is 0.336 e. The monoisotopic (exact) mass is 298 g/mol. The van der Waals surface area contributed by atoms with Crippen molar-refractivity contribution < 1.29 is 4.79 Å². The van der Waals surface area contributed by atoms with Crippen molar-refractivity contribution in [1.29, 1.82) is 0 Å². The highest BCUT2D eigenvalue weighted by atomic mass is 16.2. The van der Waals surface area contributed by atoms with Crippen LogP contribution in [0.15, 0.2) is 30.7 Å². The van der Waals surface area contributed by atoms with E-state index in [0.29, 0.717) is 11.6 Å². The number of carbonyl (C=O) groups is 1. The van der Waals surface area contributed by atoms with Gasteiger partial charge in [-0.05, 0) is 50.3 Å². The van der Waals surface area contributed by atoms with Crippen LogP contribution >= 0.6 is 0 Å². The van der Waals surface area contributed by atoms with Crippen LogP contribution in [0, 0.1) is 6.92 Å². The van der Waals surface area contributed by atoms with Crippen LogP contribution in [0.3, 0.4) is 0 Å². The molecule has 0 aliphatic carbocycles. The molecule has 0 bridgehead atoms. The summed E-state index contributed by atoms with van der Waals surface area (Å²) in [6.07, 6.45) is 9.49. The van der Waals surface area contributed by atoms with Crippen LogP contribution in [0.4, 0.5) is 0 Å². The van der Waals surface area contributed by atoms with E-state index in [2.05, 4.69) is 22.2 Å². The summed E-state index contributed by atoms with van der Waals surface area (Å²) in [5.41, 5.74) is 3.04. The first kappa shape index (κ1) is 14.8. The van der Waals surface area contributed by atoms with E-state index in [1.807, 2.05) is 25.1 Å². The van der Waals surface area contributed by atoms with Crippen LogP contribution in [-0.2, 0) is 13.5 Å². The first-order chi connectivity index (χ1) is 10.6. The van der Waals surface area contributed by atoms with Crippen molar-refractivity contribution in [3.8, 4) is 0 Å². The average molecular weight is 298 g/mol. The van der Waals surface area contributed by atoms with Crippen molar-refractivity contribution in [1.82, 2.24) is 19.7 Å². The van der Waals surface area contributed by atoms with Crippen LogP contribution in [0.5, 0.6) is 0 Å². The van der Waals surface area contributed by atoms with Crippen molar-refractivity contribution in [2.24, 2.45) is 7.05 Å². The van der Waals surface area contributed by atoms with Gasteiger partial charge in [-0.15, -0.1) is 0 Å². The van der Waals surface area contributed by atoms with Gasteiger partial charge >= 0.3 is 0 Å². The summed E-state index contributed by atoms with van der Waals surface area (Å²) in [7, 11) is 1.84. The zero-order valence-electron chi connectivity index (χ0n) is 13.2. The highest BCUT2D eigenvalue weighted by molar-refractivity contribution is 5.94. The lowest BCUT2D eigenvalue weighted by Gasteiger charge is -2.24. The minimum absolute atomic E-state index is 0.113. The topological polar surface area (TPSA) is 51.0 Å². The van der Waals surface area contributed by atoms with E-state index in [1.165, 1.54) is 5.56 Å². The fraction of sp³-hybridized carbons (Fsp3) is 0.471. The molecule has 2 aromatic rings. The fourth-order valence-corrected chi connectivity index (χ4v) is 3.19. The Hall–Kier alpha value is -2.17. The van der Waals surface area contributed by atoms with Crippen LogP contribution in [-0.4, -0.2) is 38.2 Å². The Morgan fingerprint density at radius 2 is 2.32 bits per heavy atom. The van der Waals surface area contributed by atoms with E-state index in [1.54, 1.807) is 17.1 Å². The SMILES string of the molecule is Cc1cc(CC[C@@H]2CCCN2C(=O)c2cnn(C)c2)ccn1. The second-order valence-corrected chi connectivity index (χ2v) is 6.04. The van der Waals surface area contributed by atoms with E-state index < -0.39 is 0 Å². The van der Waals surface area contributed by atoms with Crippen LogP contribution in [0.25, 0.3) is 0 Å². The third-order valence-corrected chi connectivity index (χ3v) is 4.32. The molecule has 22 heavy (non-hydrogen) atoms. The van der Waals surface area contributed by atoms with Gasteiger partial charge in [0.25, 0.3) is 5.91 Å². The standard InChI is InChI=1S/C17H22N4O/c1-13-10-14(7-8-18-13)5-6-16-4-3-9-21(16)17(22)15-11-19-20(2)12-15/h7-8,10-12,16H,3-6,9H2,1-2H3/t16-/m0/s1. The molecule has 0 N–H and O–H groups in total. The molecule has 3 heterocycles. The summed E-state index contributed by atoms with van der Waals surface area (Å²) < 4.78 is 1.68. The van der Waals surface area contributed by atoms with Gasteiger partial charge in [0, 0.05) is 37.7 Å². The number of amides is 1. The lowest BCUT2D eigenvalue weighted by Crippen LogP contribution is -2.35. The van der Waals surface area contributed by atoms with Gasteiger partial charge in [-0.2, -0.15) is 5.10 Å². The number of hydrogen-bond acceptors (Lipinski definition) is 3. The third kappa shape index (κ3) is 3.18. The molecule has 1 fully saturated rings. The molecule has 0 saturated carbocycles. The van der Waals surface area contributed by atoms with E-state index in [-0.39, 0.29) is 5.91 Å². The number of carbonyl (C=O) groups excluding carboxylic acids is 1. The van der Waals surface area contributed by atoms with Crippen LogP contribution in [0.1, 0.15) is 40.9 Å². The van der Waals surface area contributed by atoms with Crippen molar-refractivity contribution in [2.45, 2.75) is 38.6 Å². The summed E-state index contributed by atoms with van der Waals surface area (Å²) in [6.45, 7) is 2.87. The average Bonchev–Trinajstić information content (AvgIpc) is 3.13. The third-order valence-electron chi connectivity index (χ3n) is 4.32. The number of likely N-dealkylation sites (tertiary alicyclic amines) is 1. The highest BCUT2D eigenvalue weighted by Gasteiger charge is 2.29. The fourth-order valence-electron chi connectivity index (χ4n) is 3.19. The van der Waals surface area contributed by atoms with E-state index >= 15 is 0 Å². The van der Waals surface area contributed by atoms with Crippen molar-refractivity contribution in [2.75, 3.05) is 6.54 Å². The predicted octanol–water partition coefficient (Wildman–Crippen LogP) is 2.36. The molecule has 0 aromatic carbocycles. The summed E-state index contributed by atoms with van der Waals surface area (Å²) in [5, 5.41) is 4.10. The number of aromatic nitrogens is 3. The van der Waals surface area contributed by atoms with Crippen molar-refractivity contribution >= 4 is 5.91 Å². The quantitative estimate of drug-likeness (QED) is 0.870. The summed E-state index contributed by atoms with van der Waals surface area (Å²) in [4.78, 5) is 18.8. The number of hydrogen-bond donors (Lipinski definition) is 0. The van der Waals surface area contributed by atoms with Gasteiger partial charge < -0.3 is 4.90 Å². The van der Waals surface area contributed by atoms with Crippen LogP contribution < -0.4 is 0 Å². The maximum atomic E-state index is 12.6. The van der Waals surface area contributed by atoms with Gasteiger partial charge in [0.15, 0.2) is 0 Å². The minimum Gasteiger partial charge on any atom is -0.336 e. The predicted molar refractivity (Wildman–Crippen MR) is 84.6 cm³/mol. The normalized spacial score (nSPS) is 17.9. The zero-order chi connectivity index (χ0) is 15.5. The Bertz CT molecular complexity index is 664. The van der Waals surface area contributed by atoms with E-state index in [9.17, 15) is 4.79 Å². The van der Waals surface area contributed by atoms with Crippen molar-refractivity contribution in [3.05, 3.63) is 47.5 Å². The van der Waals surface area contributed by atoms with Gasteiger partial charge in [0.05, 0.1) is 11.8 Å². The summed E-state index contributed by atoms with van der Waals surface area (Å²) >= 11 is 0. The molecule has 116 valence electrons. The Morgan fingerprint density at radius 1 is 1.45 bits per heavy atom. The number of pyridine rings is 1. The molecule has 1 atom stereocenters. The molecule has 3 rings (SSSR count). The molecule has 2 aromatic heterocycles. The minimum atomic E-state index is 0.113. The molecular formula is C17H22N4O. The van der Waals surface area contributed by atoms with Crippen LogP contribution in [0.2, 0.25) is 0 Å². The molecule has 0 spiro atoms. The molecule has 1 saturated heterocycles. The molecule has 0 radical (unpaired) electrons. The second-order valence-electron chi connectivity index (χ2n) is 6.04. The summed E-state index contributed by atoms with van der Waals surface area (Å²) in [6, 6.07) is 4.53. The molecular weight excluding hydrogens is 276 g/mol. The van der Waals surface area contributed by atoms with Gasteiger partial charge in [-0.3, -0.25) is 14.5 Å². The Balaban J connectivity index is 1.64. The second kappa shape index (κ2) is 6.30. The van der Waals surface area contributed by atoms with E-state index in [4.69, 9.17) is 0 Å². The maximum absolute atomic E-state index is 12.6. The molecule has 1 aliphatic rings. The number of aryl methyl sites for hydroxylation is 3. The number of rotatable bonds is 4. The maximum Gasteiger partial charge on any atom is 0.257 e.